The van der Waals surface area contributed by atoms with Gasteiger partial charge in [-0.25, -0.2) is 18.2 Å². The number of alkyl halides is 3. The summed E-state index contributed by atoms with van der Waals surface area (Å²) in [5.41, 5.74) is -0.0951. The van der Waals surface area contributed by atoms with Gasteiger partial charge in [0, 0.05) is 25.4 Å². The summed E-state index contributed by atoms with van der Waals surface area (Å²) in [4.78, 5) is 14.8. The van der Waals surface area contributed by atoms with E-state index in [0.29, 0.717) is 5.56 Å². The van der Waals surface area contributed by atoms with Crippen molar-refractivity contribution >= 4 is 16.0 Å². The number of hydrogen-bond donors (Lipinski definition) is 1. The van der Waals surface area contributed by atoms with E-state index in [1.807, 2.05) is 0 Å². The maximum absolute atomic E-state index is 13.2. The minimum absolute atomic E-state index is 0.0516. The van der Waals surface area contributed by atoms with Crippen LogP contribution in [-0.4, -0.2) is 42.4 Å². The smallest absolute Gasteiger partial charge is 0.416 e. The number of aliphatic carboxylic acids is 1. The number of rotatable bonds is 8. The van der Waals surface area contributed by atoms with Gasteiger partial charge in [0.15, 0.2) is 11.6 Å². The highest BCUT2D eigenvalue weighted by atomic mass is 32.2. The van der Waals surface area contributed by atoms with Gasteiger partial charge in [-0.1, -0.05) is 24.3 Å². The van der Waals surface area contributed by atoms with Crippen LogP contribution in [0, 0.1) is 0 Å². The molecular formula is C22H19F3N2O5S. The average molecular weight is 480 g/mol. The second-order valence-corrected chi connectivity index (χ2v) is 9.01. The van der Waals surface area contributed by atoms with E-state index in [1.165, 1.54) is 55.7 Å². The predicted molar refractivity (Wildman–Crippen MR) is 113 cm³/mol. The fourth-order valence-corrected chi connectivity index (χ4v) is 4.11. The number of carboxylic acid groups (broad SMARTS) is 1. The Morgan fingerprint density at radius 2 is 1.85 bits per heavy atom. The molecule has 1 heterocycles. The molecule has 0 amide bonds. The number of sulfonamides is 1. The summed E-state index contributed by atoms with van der Waals surface area (Å²) in [5, 5.41) is 8.76. The van der Waals surface area contributed by atoms with E-state index < -0.39 is 34.3 Å². The third kappa shape index (κ3) is 5.88. The number of carbonyl (C=O) groups is 1. The van der Waals surface area contributed by atoms with Crippen molar-refractivity contribution in [2.75, 3.05) is 13.7 Å². The molecule has 0 bridgehead atoms. The Labute approximate surface area is 188 Å². The molecule has 3 aromatic rings. The lowest BCUT2D eigenvalue weighted by molar-refractivity contribution is -0.139. The standard InChI is InChI=1S/C22H19F3N2O5S/c1-27(33(30,31)20-7-2-3-10-26-20)13-15-8-9-19(32-14-21(28)29)18(11-15)16-5-4-6-17(12-16)22(23,24)25/h2-12H,13-14H2,1H3,(H,28,29). The molecule has 0 saturated heterocycles. The minimum Gasteiger partial charge on any atom is -0.481 e. The first-order chi connectivity index (χ1) is 15.5. The molecule has 0 radical (unpaired) electrons. The highest BCUT2D eigenvalue weighted by Crippen LogP contribution is 2.36. The number of halogens is 3. The van der Waals surface area contributed by atoms with Crippen LogP contribution < -0.4 is 4.74 Å². The summed E-state index contributed by atoms with van der Waals surface area (Å²) in [6.45, 7) is -0.802. The quantitative estimate of drug-likeness (QED) is 0.523. The van der Waals surface area contributed by atoms with E-state index >= 15 is 0 Å². The highest BCUT2D eigenvalue weighted by Gasteiger charge is 2.30. The van der Waals surface area contributed by atoms with Crippen molar-refractivity contribution < 1.29 is 36.2 Å². The topological polar surface area (TPSA) is 96.8 Å². The molecule has 1 N–H and O–H groups in total. The normalized spacial score (nSPS) is 12.0. The lowest BCUT2D eigenvalue weighted by atomic mass is 9.99. The Balaban J connectivity index is 1.99. The maximum Gasteiger partial charge on any atom is 0.416 e. The van der Waals surface area contributed by atoms with Gasteiger partial charge in [0.1, 0.15) is 5.75 Å². The van der Waals surface area contributed by atoms with Crippen molar-refractivity contribution in [1.82, 2.24) is 9.29 Å². The molecule has 0 saturated carbocycles. The van der Waals surface area contributed by atoms with Crippen LogP contribution in [-0.2, 0) is 27.5 Å². The SMILES string of the molecule is CN(Cc1ccc(OCC(=O)O)c(-c2cccc(C(F)(F)F)c2)c1)S(=O)(=O)c1ccccn1. The first-order valence-corrected chi connectivity index (χ1v) is 10.9. The van der Waals surface area contributed by atoms with Gasteiger partial charge in [-0.2, -0.15) is 17.5 Å². The first-order valence-electron chi connectivity index (χ1n) is 9.51. The van der Waals surface area contributed by atoms with Crippen LogP contribution in [0.5, 0.6) is 5.75 Å². The van der Waals surface area contributed by atoms with Crippen molar-refractivity contribution in [1.29, 1.82) is 0 Å². The highest BCUT2D eigenvalue weighted by molar-refractivity contribution is 7.89. The van der Waals surface area contributed by atoms with Crippen molar-refractivity contribution in [2.24, 2.45) is 0 Å². The Hall–Kier alpha value is -3.44. The largest absolute Gasteiger partial charge is 0.481 e. The molecule has 7 nitrogen and oxygen atoms in total. The van der Waals surface area contributed by atoms with Gasteiger partial charge < -0.3 is 9.84 Å². The number of pyridine rings is 1. The second kappa shape index (κ2) is 9.59. The molecular weight excluding hydrogens is 461 g/mol. The zero-order valence-electron chi connectivity index (χ0n) is 17.3. The number of aromatic nitrogens is 1. The van der Waals surface area contributed by atoms with E-state index in [1.54, 1.807) is 6.07 Å². The van der Waals surface area contributed by atoms with E-state index in [2.05, 4.69) is 4.98 Å². The van der Waals surface area contributed by atoms with Crippen LogP contribution in [0.25, 0.3) is 11.1 Å². The number of nitrogens with zero attached hydrogens (tertiary/aromatic N) is 2. The number of carboxylic acids is 1. The van der Waals surface area contributed by atoms with Crippen molar-refractivity contribution in [2.45, 2.75) is 17.7 Å². The van der Waals surface area contributed by atoms with Gasteiger partial charge in [-0.15, -0.1) is 0 Å². The molecule has 0 fully saturated rings. The van der Waals surface area contributed by atoms with Crippen LogP contribution in [0.3, 0.4) is 0 Å². The number of ether oxygens (including phenoxy) is 1. The van der Waals surface area contributed by atoms with Crippen molar-refractivity contribution in [3.8, 4) is 16.9 Å². The summed E-state index contributed by atoms with van der Waals surface area (Å²) in [6.07, 6.45) is -3.23. The maximum atomic E-state index is 13.2. The van der Waals surface area contributed by atoms with Crippen LogP contribution in [0.4, 0.5) is 13.2 Å². The summed E-state index contributed by atoms with van der Waals surface area (Å²) in [5.74, 6) is -1.20. The summed E-state index contributed by atoms with van der Waals surface area (Å²) in [7, 11) is -2.56. The van der Waals surface area contributed by atoms with Gasteiger partial charge >= 0.3 is 12.1 Å². The minimum atomic E-state index is -4.58. The average Bonchev–Trinajstić information content (AvgIpc) is 2.78. The Bertz CT molecular complexity index is 1250. The molecule has 174 valence electrons. The van der Waals surface area contributed by atoms with Gasteiger partial charge in [-0.05, 0) is 47.5 Å². The summed E-state index contributed by atoms with van der Waals surface area (Å²) in [6, 6.07) is 13.3. The van der Waals surface area contributed by atoms with Gasteiger partial charge in [0.05, 0.1) is 5.56 Å². The molecule has 0 unspecified atom stereocenters. The van der Waals surface area contributed by atoms with Gasteiger partial charge in [0.2, 0.25) is 0 Å². The molecule has 11 heteroatoms. The van der Waals surface area contributed by atoms with Crippen molar-refractivity contribution in [3.63, 3.8) is 0 Å². The molecule has 0 aliphatic heterocycles. The zero-order chi connectivity index (χ0) is 24.2. The Morgan fingerprint density at radius 1 is 1.09 bits per heavy atom. The van der Waals surface area contributed by atoms with E-state index in [4.69, 9.17) is 9.84 Å². The first kappa shape index (κ1) is 24.2. The summed E-state index contributed by atoms with van der Waals surface area (Å²) < 4.78 is 71.4. The van der Waals surface area contributed by atoms with E-state index in [-0.39, 0.29) is 28.4 Å². The Kier molecular flexibility index (Phi) is 7.04. The van der Waals surface area contributed by atoms with E-state index in [9.17, 15) is 26.4 Å². The lowest BCUT2D eigenvalue weighted by Gasteiger charge is -2.18. The van der Waals surface area contributed by atoms with Crippen LogP contribution in [0.15, 0.2) is 71.9 Å². The van der Waals surface area contributed by atoms with Gasteiger partial charge in [0.25, 0.3) is 10.0 Å². The third-order valence-corrected chi connectivity index (χ3v) is 6.33. The molecule has 0 atom stereocenters. The molecule has 2 aromatic carbocycles. The zero-order valence-corrected chi connectivity index (χ0v) is 18.1. The predicted octanol–water partition coefficient (Wildman–Crippen LogP) is 4.05. The monoisotopic (exact) mass is 480 g/mol. The van der Waals surface area contributed by atoms with Crippen molar-refractivity contribution in [3.05, 3.63) is 78.0 Å². The van der Waals surface area contributed by atoms with Crippen LogP contribution in [0.1, 0.15) is 11.1 Å². The van der Waals surface area contributed by atoms with Gasteiger partial charge in [-0.3, -0.25) is 0 Å². The number of hydrogen-bond acceptors (Lipinski definition) is 5. The van der Waals surface area contributed by atoms with Crippen LogP contribution in [0.2, 0.25) is 0 Å². The number of benzene rings is 2. The molecule has 33 heavy (non-hydrogen) atoms. The molecule has 0 aliphatic rings. The van der Waals surface area contributed by atoms with Crippen LogP contribution >= 0.6 is 0 Å². The lowest BCUT2D eigenvalue weighted by Crippen LogP contribution is -2.27. The molecule has 3 rings (SSSR count). The fraction of sp³-hybridized carbons (Fsp3) is 0.182. The van der Waals surface area contributed by atoms with E-state index in [0.717, 1.165) is 16.4 Å². The summed E-state index contributed by atoms with van der Waals surface area (Å²) >= 11 is 0. The molecule has 0 aliphatic carbocycles. The molecule has 1 aromatic heterocycles. The Morgan fingerprint density at radius 3 is 2.48 bits per heavy atom. The molecule has 0 spiro atoms. The fourth-order valence-electron chi connectivity index (χ4n) is 3.03. The second-order valence-electron chi connectivity index (χ2n) is 7.02. The third-order valence-electron chi connectivity index (χ3n) is 4.61.